The Morgan fingerprint density at radius 1 is 1.30 bits per heavy atom. The van der Waals surface area contributed by atoms with Crippen LogP contribution in [0, 0.1) is 0 Å². The van der Waals surface area contributed by atoms with Gasteiger partial charge in [0.1, 0.15) is 0 Å². The molecule has 10 heavy (non-hydrogen) atoms. The number of aliphatic hydroxyl groups excluding tert-OH is 2. The van der Waals surface area contributed by atoms with Crippen molar-refractivity contribution in [3.63, 3.8) is 0 Å². The highest BCUT2D eigenvalue weighted by atomic mass is 16.3. The molecule has 0 saturated heterocycles. The van der Waals surface area contributed by atoms with Gasteiger partial charge in [0.2, 0.25) is 0 Å². The van der Waals surface area contributed by atoms with Gasteiger partial charge in [-0.05, 0) is 0 Å². The largest absolute Gasteiger partial charge is 0.395 e. The molecule has 0 saturated carbocycles. The fourth-order valence-electron chi connectivity index (χ4n) is 0.459. The summed E-state index contributed by atoms with van der Waals surface area (Å²) in [5.74, 6) is 0. The summed E-state index contributed by atoms with van der Waals surface area (Å²) in [5.41, 5.74) is 0. The number of rotatable bonds is 6. The summed E-state index contributed by atoms with van der Waals surface area (Å²) < 4.78 is 0. The van der Waals surface area contributed by atoms with Gasteiger partial charge in [0.15, 0.2) is 0 Å². The molecule has 0 aromatic rings. The van der Waals surface area contributed by atoms with Crippen LogP contribution in [0.2, 0.25) is 0 Å². The minimum absolute atomic E-state index is 0.0938. The molecule has 0 bridgehead atoms. The first-order valence-electron chi connectivity index (χ1n) is 3.32. The Labute approximate surface area is 60.6 Å². The molecule has 0 aromatic heterocycles. The molecule has 0 rings (SSSR count). The summed E-state index contributed by atoms with van der Waals surface area (Å²) in [5, 5.41) is 19.5. The van der Waals surface area contributed by atoms with Crippen LogP contribution in [0.5, 0.6) is 0 Å². The van der Waals surface area contributed by atoms with Crippen molar-refractivity contribution in [3.05, 3.63) is 0 Å². The number of aliphatic imine (C=N–C) groups is 1. The molecule has 0 amide bonds. The Morgan fingerprint density at radius 2 is 2.10 bits per heavy atom. The van der Waals surface area contributed by atoms with Crippen LogP contribution in [-0.4, -0.2) is 49.3 Å². The van der Waals surface area contributed by atoms with Crippen molar-refractivity contribution >= 4 is 6.21 Å². The van der Waals surface area contributed by atoms with E-state index in [1.807, 2.05) is 0 Å². The Morgan fingerprint density at radius 3 is 2.70 bits per heavy atom. The first kappa shape index (κ1) is 9.55. The Hall–Kier alpha value is -0.450. The van der Waals surface area contributed by atoms with Gasteiger partial charge in [0, 0.05) is 19.3 Å². The van der Waals surface area contributed by atoms with Gasteiger partial charge in [-0.25, -0.2) is 0 Å². The van der Waals surface area contributed by atoms with Gasteiger partial charge in [-0.2, -0.15) is 0 Å². The smallest absolute Gasteiger partial charge is 0.0626 e. The second-order valence-electron chi connectivity index (χ2n) is 1.74. The van der Waals surface area contributed by atoms with Gasteiger partial charge in [0.05, 0.1) is 19.8 Å². The van der Waals surface area contributed by atoms with Gasteiger partial charge in [-0.15, -0.1) is 0 Å². The second-order valence-corrected chi connectivity index (χ2v) is 1.74. The van der Waals surface area contributed by atoms with Gasteiger partial charge in [-0.3, -0.25) is 4.99 Å². The molecule has 3 N–H and O–H groups in total. The average molecular weight is 146 g/mol. The normalized spacial score (nSPS) is 11.0. The predicted molar refractivity (Wildman–Crippen MR) is 40.4 cm³/mol. The number of hydrogen-bond donors (Lipinski definition) is 3. The summed E-state index contributed by atoms with van der Waals surface area (Å²) >= 11 is 0. The Bertz CT molecular complexity index is 85.8. The SMILES string of the molecule is OCCN=CCNCCO. The van der Waals surface area contributed by atoms with Crippen LogP contribution >= 0.6 is 0 Å². The lowest BCUT2D eigenvalue weighted by Gasteiger charge is -1.94. The van der Waals surface area contributed by atoms with Crippen molar-refractivity contribution in [2.24, 2.45) is 4.99 Å². The Balaban J connectivity index is 2.88. The van der Waals surface area contributed by atoms with E-state index < -0.39 is 0 Å². The van der Waals surface area contributed by atoms with Gasteiger partial charge in [-0.1, -0.05) is 0 Å². The quantitative estimate of drug-likeness (QED) is 0.320. The molecule has 0 unspecified atom stereocenters. The lowest BCUT2D eigenvalue weighted by molar-refractivity contribution is 0.295. The average Bonchev–Trinajstić information content (AvgIpc) is 1.97. The van der Waals surface area contributed by atoms with E-state index in [4.69, 9.17) is 10.2 Å². The molecule has 0 aliphatic rings. The van der Waals surface area contributed by atoms with Crippen LogP contribution < -0.4 is 5.32 Å². The molecule has 4 nitrogen and oxygen atoms in total. The zero-order valence-electron chi connectivity index (χ0n) is 5.95. The summed E-state index contributed by atoms with van der Waals surface area (Å²) in [6.45, 7) is 1.94. The van der Waals surface area contributed by atoms with E-state index >= 15 is 0 Å². The summed E-state index contributed by atoms with van der Waals surface area (Å²) in [7, 11) is 0. The van der Waals surface area contributed by atoms with Crippen LogP contribution in [-0.2, 0) is 0 Å². The first-order valence-corrected chi connectivity index (χ1v) is 3.32. The third-order valence-corrected chi connectivity index (χ3v) is 0.882. The van der Waals surface area contributed by atoms with E-state index in [9.17, 15) is 0 Å². The molecular weight excluding hydrogens is 132 g/mol. The van der Waals surface area contributed by atoms with Crippen molar-refractivity contribution in [1.82, 2.24) is 5.32 Å². The van der Waals surface area contributed by atoms with Gasteiger partial charge >= 0.3 is 0 Å². The topological polar surface area (TPSA) is 64.9 Å². The van der Waals surface area contributed by atoms with E-state index in [0.29, 0.717) is 19.6 Å². The Kier molecular flexibility index (Phi) is 8.17. The van der Waals surface area contributed by atoms with Crippen LogP contribution in [0.25, 0.3) is 0 Å². The zero-order chi connectivity index (χ0) is 7.66. The monoisotopic (exact) mass is 146 g/mol. The molecule has 60 valence electrons. The highest BCUT2D eigenvalue weighted by Crippen LogP contribution is 1.63. The third-order valence-electron chi connectivity index (χ3n) is 0.882. The number of nitrogens with one attached hydrogen (secondary N) is 1. The van der Waals surface area contributed by atoms with E-state index in [0.717, 1.165) is 0 Å². The van der Waals surface area contributed by atoms with E-state index in [1.165, 1.54) is 0 Å². The summed E-state index contributed by atoms with van der Waals surface area (Å²) in [4.78, 5) is 3.84. The maximum atomic E-state index is 8.32. The molecular formula is C6H14N2O2. The maximum absolute atomic E-state index is 8.32. The van der Waals surface area contributed by atoms with Crippen LogP contribution in [0.3, 0.4) is 0 Å². The molecule has 4 heteroatoms. The van der Waals surface area contributed by atoms with Crippen molar-refractivity contribution in [3.8, 4) is 0 Å². The standard InChI is InChI=1S/C6H14N2O2/c9-5-3-7-1-2-8-4-6-10/h1,8-10H,2-6H2. The molecule has 0 heterocycles. The maximum Gasteiger partial charge on any atom is 0.0626 e. The molecule has 0 aromatic carbocycles. The van der Waals surface area contributed by atoms with Crippen molar-refractivity contribution in [1.29, 1.82) is 0 Å². The van der Waals surface area contributed by atoms with Crippen molar-refractivity contribution in [2.75, 3.05) is 32.8 Å². The van der Waals surface area contributed by atoms with Crippen molar-refractivity contribution < 1.29 is 10.2 Å². The van der Waals surface area contributed by atoms with Crippen LogP contribution in [0.4, 0.5) is 0 Å². The van der Waals surface area contributed by atoms with Crippen molar-refractivity contribution in [2.45, 2.75) is 0 Å². The predicted octanol–water partition coefficient (Wildman–Crippen LogP) is -1.37. The highest BCUT2D eigenvalue weighted by molar-refractivity contribution is 5.59. The summed E-state index contributed by atoms with van der Waals surface area (Å²) in [6.07, 6.45) is 1.69. The van der Waals surface area contributed by atoms with Gasteiger partial charge in [0.25, 0.3) is 0 Å². The third kappa shape index (κ3) is 7.55. The molecule has 0 aliphatic carbocycles. The molecule has 0 atom stereocenters. The van der Waals surface area contributed by atoms with Crippen LogP contribution in [0.15, 0.2) is 4.99 Å². The number of aliphatic hydroxyl groups is 2. The fourth-order valence-corrected chi connectivity index (χ4v) is 0.459. The summed E-state index contributed by atoms with van der Waals surface area (Å²) in [6, 6.07) is 0. The van der Waals surface area contributed by atoms with E-state index in [2.05, 4.69) is 10.3 Å². The minimum atomic E-state index is 0.0938. The number of hydrogen-bond acceptors (Lipinski definition) is 4. The fraction of sp³-hybridized carbons (Fsp3) is 0.833. The van der Waals surface area contributed by atoms with Gasteiger partial charge < -0.3 is 15.5 Å². The zero-order valence-corrected chi connectivity index (χ0v) is 5.95. The lowest BCUT2D eigenvalue weighted by atomic mass is 10.6. The molecule has 0 aliphatic heterocycles. The van der Waals surface area contributed by atoms with E-state index in [-0.39, 0.29) is 13.2 Å². The van der Waals surface area contributed by atoms with Crippen LogP contribution in [0.1, 0.15) is 0 Å². The molecule has 0 spiro atoms. The lowest BCUT2D eigenvalue weighted by Crippen LogP contribution is -2.20. The minimum Gasteiger partial charge on any atom is -0.395 e. The number of nitrogens with zero attached hydrogens (tertiary/aromatic N) is 1. The second kappa shape index (κ2) is 8.55. The van der Waals surface area contributed by atoms with E-state index in [1.54, 1.807) is 6.21 Å². The molecule has 0 fully saturated rings. The first-order chi connectivity index (χ1) is 4.91. The highest BCUT2D eigenvalue weighted by Gasteiger charge is 1.78. The molecule has 0 radical (unpaired) electrons.